The molecule has 0 aliphatic heterocycles. The molecular weight excluding hydrogens is 337 g/mol. The number of benzene rings is 2. The predicted octanol–water partition coefficient (Wildman–Crippen LogP) is 4.15. The second-order valence-corrected chi connectivity index (χ2v) is 7.19. The van der Waals surface area contributed by atoms with Gasteiger partial charge in [-0.05, 0) is 41.5 Å². The first kappa shape index (κ1) is 22.2. The van der Waals surface area contributed by atoms with E-state index in [1.807, 2.05) is 12.1 Å². The van der Waals surface area contributed by atoms with E-state index in [9.17, 15) is 0 Å². The summed E-state index contributed by atoms with van der Waals surface area (Å²) in [5.41, 5.74) is 0. The van der Waals surface area contributed by atoms with Gasteiger partial charge in [0.2, 0.25) is 0 Å². The first-order valence-electron chi connectivity index (χ1n) is 8.32. The number of thioether (sulfide) groups is 2. The quantitative estimate of drug-likeness (QED) is 0.339. The van der Waals surface area contributed by atoms with Crippen LogP contribution in [0.1, 0.15) is 19.3 Å². The van der Waals surface area contributed by atoms with Crippen molar-refractivity contribution in [2.45, 2.75) is 29.1 Å². The van der Waals surface area contributed by atoms with E-state index in [1.54, 1.807) is 23.5 Å². The Morgan fingerprint density at radius 2 is 1.28 bits per heavy atom. The summed E-state index contributed by atoms with van der Waals surface area (Å²) in [7, 11) is 0. The Morgan fingerprint density at radius 3 is 1.88 bits per heavy atom. The second kappa shape index (κ2) is 15.4. The predicted molar refractivity (Wildman–Crippen MR) is 110 cm³/mol. The fraction of sp³-hybridized carbons (Fsp3) is 0.238. The number of hydrogen-bond donors (Lipinski definition) is 0. The maximum Gasteiger partial charge on any atom is 1.00 e. The van der Waals surface area contributed by atoms with Gasteiger partial charge in [-0.3, -0.25) is 0 Å². The zero-order chi connectivity index (χ0) is 16.7. The molecule has 126 valence electrons. The Labute approximate surface area is 172 Å². The van der Waals surface area contributed by atoms with E-state index >= 15 is 0 Å². The first-order chi connectivity index (χ1) is 11.9. The number of hydrogen-bond acceptors (Lipinski definition) is 2. The Bertz CT molecular complexity index is 544. The molecule has 0 unspecified atom stereocenters. The summed E-state index contributed by atoms with van der Waals surface area (Å²) in [5.74, 6) is 0. The molecule has 2 aromatic rings. The van der Waals surface area contributed by atoms with Gasteiger partial charge in [-0.15, -0.1) is 13.1 Å². The van der Waals surface area contributed by atoms with Crippen molar-refractivity contribution in [1.82, 2.24) is 0 Å². The minimum Gasteiger partial charge on any atom is -0.659 e. The number of rotatable bonds is 11. The molecule has 0 amide bonds. The largest absolute Gasteiger partial charge is 1.00 e. The second-order valence-electron chi connectivity index (χ2n) is 5.23. The molecule has 0 saturated heterocycles. The number of unbranched alkanes of at least 4 members (excludes halogenated alkanes) is 2. The van der Waals surface area contributed by atoms with Crippen LogP contribution >= 0.6 is 23.5 Å². The fourth-order valence-corrected chi connectivity index (χ4v) is 3.37. The molecule has 0 aromatic heterocycles. The molecule has 0 fully saturated rings. The van der Waals surface area contributed by atoms with Crippen LogP contribution in [0.15, 0.2) is 93.4 Å². The summed E-state index contributed by atoms with van der Waals surface area (Å²) >= 11 is 3.52. The van der Waals surface area contributed by atoms with Crippen LogP contribution in [0.3, 0.4) is 0 Å². The van der Waals surface area contributed by atoms with Crippen LogP contribution in [-0.4, -0.2) is 13.1 Å². The van der Waals surface area contributed by atoms with Gasteiger partial charge in [0.1, 0.15) is 0 Å². The average Bonchev–Trinajstić information content (AvgIpc) is 2.64. The normalized spacial score (nSPS) is 11.0. The third-order valence-electron chi connectivity index (χ3n) is 3.26. The summed E-state index contributed by atoms with van der Waals surface area (Å²) < 4.78 is 0. The minimum atomic E-state index is 0. The van der Waals surface area contributed by atoms with Crippen LogP contribution in [-0.2, 0) is 0 Å². The van der Waals surface area contributed by atoms with Crippen molar-refractivity contribution in [2.24, 2.45) is 0 Å². The molecular formula is C21H24LiNS2. The van der Waals surface area contributed by atoms with E-state index in [0.717, 1.165) is 19.5 Å². The van der Waals surface area contributed by atoms with Crippen molar-refractivity contribution in [3.8, 4) is 0 Å². The zero-order valence-electron chi connectivity index (χ0n) is 14.9. The Morgan fingerprint density at radius 1 is 0.720 bits per heavy atom. The number of allylic oxidation sites excluding steroid dienone is 1. The summed E-state index contributed by atoms with van der Waals surface area (Å²) in [6.07, 6.45) is 7.90. The summed E-state index contributed by atoms with van der Waals surface area (Å²) in [6, 6.07) is 20.9. The average molecular weight is 362 g/mol. The fourth-order valence-electron chi connectivity index (χ4n) is 2.01. The van der Waals surface area contributed by atoms with Crippen molar-refractivity contribution in [2.75, 3.05) is 13.1 Å². The van der Waals surface area contributed by atoms with E-state index in [4.69, 9.17) is 0 Å². The molecule has 0 aliphatic rings. The molecule has 0 bridgehead atoms. The van der Waals surface area contributed by atoms with Gasteiger partial charge in [-0.25, -0.2) is 0 Å². The molecule has 0 spiro atoms. The standard InChI is InChI=1S/C21H24NS2.Li/c1(2-10-18-23-20-12-5-3-6-13-20)9-16-22-17-11-19-24-21-14-7-4-8-15-21;/h3-8,10-15,18-19H,1-2,9,16-17H2;/q-1;+1/b18-10-,19-11+;. The van der Waals surface area contributed by atoms with Gasteiger partial charge in [0.15, 0.2) is 0 Å². The van der Waals surface area contributed by atoms with E-state index in [2.05, 4.69) is 76.8 Å². The van der Waals surface area contributed by atoms with Gasteiger partial charge in [0.25, 0.3) is 0 Å². The maximum atomic E-state index is 4.54. The van der Waals surface area contributed by atoms with Crippen molar-refractivity contribution < 1.29 is 18.9 Å². The Kier molecular flexibility index (Phi) is 13.7. The zero-order valence-corrected chi connectivity index (χ0v) is 16.5. The van der Waals surface area contributed by atoms with E-state index < -0.39 is 0 Å². The summed E-state index contributed by atoms with van der Waals surface area (Å²) in [6.45, 7) is 1.78. The van der Waals surface area contributed by atoms with Crippen LogP contribution in [0, 0.1) is 0 Å². The number of nitrogens with zero attached hydrogens (tertiary/aromatic N) is 1. The third-order valence-corrected chi connectivity index (χ3v) is 5.00. The van der Waals surface area contributed by atoms with Crippen LogP contribution in [0.2, 0.25) is 0 Å². The van der Waals surface area contributed by atoms with Crippen LogP contribution in [0.25, 0.3) is 5.32 Å². The van der Waals surface area contributed by atoms with E-state index in [0.29, 0.717) is 0 Å². The molecule has 4 heteroatoms. The van der Waals surface area contributed by atoms with Gasteiger partial charge in [0, 0.05) is 9.79 Å². The van der Waals surface area contributed by atoms with Crippen molar-refractivity contribution >= 4 is 23.5 Å². The molecule has 25 heavy (non-hydrogen) atoms. The van der Waals surface area contributed by atoms with Crippen molar-refractivity contribution in [1.29, 1.82) is 0 Å². The Balaban J connectivity index is 0.00000312. The molecule has 0 atom stereocenters. The van der Waals surface area contributed by atoms with Crippen molar-refractivity contribution in [3.63, 3.8) is 0 Å². The molecule has 0 saturated carbocycles. The molecule has 0 heterocycles. The monoisotopic (exact) mass is 361 g/mol. The van der Waals surface area contributed by atoms with Crippen molar-refractivity contribution in [3.05, 3.63) is 88.9 Å². The third kappa shape index (κ3) is 11.4. The van der Waals surface area contributed by atoms with Crippen LogP contribution in [0.5, 0.6) is 0 Å². The van der Waals surface area contributed by atoms with Gasteiger partial charge in [-0.1, -0.05) is 84.9 Å². The van der Waals surface area contributed by atoms with Gasteiger partial charge >= 0.3 is 18.9 Å². The molecule has 0 aliphatic carbocycles. The minimum absolute atomic E-state index is 0. The van der Waals surface area contributed by atoms with Crippen LogP contribution < -0.4 is 18.9 Å². The van der Waals surface area contributed by atoms with Gasteiger partial charge < -0.3 is 5.32 Å². The summed E-state index contributed by atoms with van der Waals surface area (Å²) in [4.78, 5) is 2.57. The molecule has 1 nitrogen and oxygen atoms in total. The maximum absolute atomic E-state index is 4.54. The first-order valence-corrected chi connectivity index (χ1v) is 10.1. The topological polar surface area (TPSA) is 14.1 Å². The Hall–Kier alpha value is -0.823. The molecule has 0 N–H and O–H groups in total. The van der Waals surface area contributed by atoms with Gasteiger partial charge in [0.05, 0.1) is 0 Å². The molecule has 2 aromatic carbocycles. The van der Waals surface area contributed by atoms with Gasteiger partial charge in [-0.2, -0.15) is 0 Å². The SMILES string of the molecule is C(=C/Sc1ccccc1)/CCCC[N-]C/C=C/Sc1ccccc1.[Li+]. The smallest absolute Gasteiger partial charge is 0.659 e. The van der Waals surface area contributed by atoms with E-state index in [-0.39, 0.29) is 18.9 Å². The summed E-state index contributed by atoms with van der Waals surface area (Å²) in [5, 5.41) is 8.86. The van der Waals surface area contributed by atoms with E-state index in [1.165, 1.54) is 22.6 Å². The molecule has 2 rings (SSSR count). The molecule has 0 radical (unpaired) electrons. The van der Waals surface area contributed by atoms with Crippen LogP contribution in [0.4, 0.5) is 0 Å².